The quantitative estimate of drug-likeness (QED) is 0.815. The maximum atomic E-state index is 12.6. The highest BCUT2D eigenvalue weighted by atomic mass is 16.2. The SMILES string of the molecule is Cn1ccnc1CN(C(=O)C1C=CC(N)C1)C1CC1. The van der Waals surface area contributed by atoms with Crippen molar-refractivity contribution in [3.63, 3.8) is 0 Å². The van der Waals surface area contributed by atoms with Crippen LogP contribution in [0.25, 0.3) is 0 Å². The van der Waals surface area contributed by atoms with Crippen LogP contribution in [-0.4, -0.2) is 32.4 Å². The van der Waals surface area contributed by atoms with E-state index >= 15 is 0 Å². The Hall–Kier alpha value is -1.62. The van der Waals surface area contributed by atoms with Gasteiger partial charge in [-0.05, 0) is 19.3 Å². The lowest BCUT2D eigenvalue weighted by Gasteiger charge is -2.25. The van der Waals surface area contributed by atoms with Crippen molar-refractivity contribution in [2.75, 3.05) is 0 Å². The molecule has 19 heavy (non-hydrogen) atoms. The van der Waals surface area contributed by atoms with Gasteiger partial charge < -0.3 is 15.2 Å². The van der Waals surface area contributed by atoms with Crippen LogP contribution in [0.2, 0.25) is 0 Å². The number of rotatable bonds is 4. The number of nitrogens with zero attached hydrogens (tertiary/aromatic N) is 3. The summed E-state index contributed by atoms with van der Waals surface area (Å²) < 4.78 is 1.97. The molecule has 2 aliphatic rings. The lowest BCUT2D eigenvalue weighted by Crippen LogP contribution is -2.37. The monoisotopic (exact) mass is 260 g/mol. The normalized spacial score (nSPS) is 25.8. The fourth-order valence-electron chi connectivity index (χ4n) is 2.60. The van der Waals surface area contributed by atoms with Crippen molar-refractivity contribution in [2.45, 2.75) is 37.9 Å². The molecule has 1 aromatic heterocycles. The Morgan fingerprint density at radius 1 is 1.53 bits per heavy atom. The van der Waals surface area contributed by atoms with Gasteiger partial charge in [-0.25, -0.2) is 4.98 Å². The Balaban J connectivity index is 1.72. The van der Waals surface area contributed by atoms with Crippen LogP contribution in [0.3, 0.4) is 0 Å². The molecule has 2 atom stereocenters. The van der Waals surface area contributed by atoms with E-state index in [9.17, 15) is 4.79 Å². The lowest BCUT2D eigenvalue weighted by molar-refractivity contribution is -0.135. The summed E-state index contributed by atoms with van der Waals surface area (Å²) in [5.74, 6) is 1.09. The van der Waals surface area contributed by atoms with Crippen LogP contribution in [-0.2, 0) is 18.4 Å². The summed E-state index contributed by atoms with van der Waals surface area (Å²) in [4.78, 5) is 18.9. The van der Waals surface area contributed by atoms with Crippen LogP contribution in [0, 0.1) is 5.92 Å². The first-order chi connectivity index (χ1) is 9.15. The molecule has 1 aromatic rings. The van der Waals surface area contributed by atoms with Gasteiger partial charge in [-0.1, -0.05) is 12.2 Å². The molecule has 0 saturated heterocycles. The van der Waals surface area contributed by atoms with Crippen molar-refractivity contribution >= 4 is 5.91 Å². The minimum atomic E-state index is -0.0455. The van der Waals surface area contributed by atoms with E-state index in [0.29, 0.717) is 12.6 Å². The first-order valence-electron chi connectivity index (χ1n) is 6.85. The second-order valence-corrected chi connectivity index (χ2v) is 5.54. The van der Waals surface area contributed by atoms with Gasteiger partial charge in [0.05, 0.1) is 12.5 Å². The van der Waals surface area contributed by atoms with Gasteiger partial charge in [0.25, 0.3) is 0 Å². The number of aromatic nitrogens is 2. The molecule has 0 radical (unpaired) electrons. The topological polar surface area (TPSA) is 64.2 Å². The predicted molar refractivity (Wildman–Crippen MR) is 72.0 cm³/mol. The van der Waals surface area contributed by atoms with Gasteiger partial charge >= 0.3 is 0 Å². The Morgan fingerprint density at radius 2 is 2.32 bits per heavy atom. The van der Waals surface area contributed by atoms with Gasteiger partial charge in [-0.3, -0.25) is 4.79 Å². The van der Waals surface area contributed by atoms with E-state index in [0.717, 1.165) is 25.1 Å². The summed E-state index contributed by atoms with van der Waals surface area (Å²) >= 11 is 0. The zero-order chi connectivity index (χ0) is 13.4. The number of carbonyl (C=O) groups is 1. The molecule has 1 heterocycles. The predicted octanol–water partition coefficient (Wildman–Crippen LogP) is 0.814. The largest absolute Gasteiger partial charge is 0.337 e. The van der Waals surface area contributed by atoms with E-state index in [1.54, 1.807) is 6.20 Å². The van der Waals surface area contributed by atoms with Crippen molar-refractivity contribution in [1.82, 2.24) is 14.5 Å². The van der Waals surface area contributed by atoms with Gasteiger partial charge in [0, 0.05) is 31.5 Å². The van der Waals surface area contributed by atoms with E-state index < -0.39 is 0 Å². The first-order valence-corrected chi connectivity index (χ1v) is 6.85. The molecule has 1 amide bonds. The minimum Gasteiger partial charge on any atom is -0.337 e. The number of aryl methyl sites for hydroxylation is 1. The number of hydrogen-bond donors (Lipinski definition) is 1. The van der Waals surface area contributed by atoms with Crippen LogP contribution >= 0.6 is 0 Å². The molecule has 2 aliphatic carbocycles. The van der Waals surface area contributed by atoms with Crippen molar-refractivity contribution < 1.29 is 4.79 Å². The van der Waals surface area contributed by atoms with Crippen LogP contribution < -0.4 is 5.73 Å². The van der Waals surface area contributed by atoms with Gasteiger partial charge in [-0.2, -0.15) is 0 Å². The Labute approximate surface area is 113 Å². The standard InChI is InChI=1S/C14H20N4O/c1-17-7-6-16-13(17)9-18(12-4-5-12)14(19)10-2-3-11(15)8-10/h2-3,6-7,10-12H,4-5,8-9,15H2,1H3. The molecule has 0 spiro atoms. The smallest absolute Gasteiger partial charge is 0.230 e. The average molecular weight is 260 g/mol. The second-order valence-electron chi connectivity index (χ2n) is 5.54. The van der Waals surface area contributed by atoms with E-state index in [1.165, 1.54) is 0 Å². The van der Waals surface area contributed by atoms with E-state index in [2.05, 4.69) is 4.98 Å². The minimum absolute atomic E-state index is 0.0307. The number of nitrogens with two attached hydrogens (primary N) is 1. The summed E-state index contributed by atoms with van der Waals surface area (Å²) in [6, 6.07) is 0.428. The maximum Gasteiger partial charge on any atom is 0.230 e. The molecular weight excluding hydrogens is 240 g/mol. The molecule has 1 fully saturated rings. The Bertz CT molecular complexity index is 503. The molecular formula is C14H20N4O. The number of carbonyl (C=O) groups excluding carboxylic acids is 1. The van der Waals surface area contributed by atoms with Crippen molar-refractivity contribution in [3.05, 3.63) is 30.4 Å². The molecule has 0 aromatic carbocycles. The first kappa shape index (κ1) is 12.4. The van der Waals surface area contributed by atoms with Gasteiger partial charge in [-0.15, -0.1) is 0 Å². The highest BCUT2D eigenvalue weighted by molar-refractivity contribution is 5.81. The molecule has 0 bridgehead atoms. The third kappa shape index (κ3) is 2.56. The fraction of sp³-hybridized carbons (Fsp3) is 0.571. The van der Waals surface area contributed by atoms with Crippen LogP contribution in [0.4, 0.5) is 0 Å². The molecule has 5 nitrogen and oxygen atoms in total. The summed E-state index contributed by atoms with van der Waals surface area (Å²) in [6.07, 6.45) is 10.5. The third-order valence-corrected chi connectivity index (χ3v) is 3.94. The van der Waals surface area contributed by atoms with Gasteiger partial charge in [0.2, 0.25) is 5.91 Å². The van der Waals surface area contributed by atoms with Crippen LogP contribution in [0.5, 0.6) is 0 Å². The lowest BCUT2D eigenvalue weighted by atomic mass is 10.1. The van der Waals surface area contributed by atoms with E-state index in [1.807, 2.05) is 34.9 Å². The highest BCUT2D eigenvalue weighted by Gasteiger charge is 2.37. The third-order valence-electron chi connectivity index (χ3n) is 3.94. The molecule has 1 saturated carbocycles. The summed E-state index contributed by atoms with van der Waals surface area (Å²) in [7, 11) is 1.96. The molecule has 5 heteroatoms. The average Bonchev–Trinajstić information content (AvgIpc) is 3.01. The number of imidazole rings is 1. The Morgan fingerprint density at radius 3 is 2.84 bits per heavy atom. The number of hydrogen-bond acceptors (Lipinski definition) is 3. The molecule has 102 valence electrons. The zero-order valence-corrected chi connectivity index (χ0v) is 11.2. The molecule has 3 rings (SSSR count). The van der Waals surface area contributed by atoms with E-state index in [-0.39, 0.29) is 17.9 Å². The molecule has 2 unspecified atom stereocenters. The zero-order valence-electron chi connectivity index (χ0n) is 11.2. The highest BCUT2D eigenvalue weighted by Crippen LogP contribution is 2.31. The Kier molecular flexibility index (Phi) is 3.14. The number of amides is 1. The fourth-order valence-corrected chi connectivity index (χ4v) is 2.60. The van der Waals surface area contributed by atoms with Crippen molar-refractivity contribution in [2.24, 2.45) is 18.7 Å². The summed E-state index contributed by atoms with van der Waals surface area (Å²) in [6.45, 7) is 0.604. The van der Waals surface area contributed by atoms with Gasteiger partial charge in [0.15, 0.2) is 0 Å². The summed E-state index contributed by atoms with van der Waals surface area (Å²) in [5.41, 5.74) is 5.84. The maximum absolute atomic E-state index is 12.6. The molecule has 0 aliphatic heterocycles. The van der Waals surface area contributed by atoms with E-state index in [4.69, 9.17) is 5.73 Å². The van der Waals surface area contributed by atoms with Gasteiger partial charge in [0.1, 0.15) is 5.82 Å². The van der Waals surface area contributed by atoms with Crippen molar-refractivity contribution in [3.8, 4) is 0 Å². The second kappa shape index (κ2) is 4.81. The molecule has 2 N–H and O–H groups in total. The van der Waals surface area contributed by atoms with Crippen LogP contribution in [0.15, 0.2) is 24.5 Å². The van der Waals surface area contributed by atoms with Crippen molar-refractivity contribution in [1.29, 1.82) is 0 Å². The summed E-state index contributed by atoms with van der Waals surface area (Å²) in [5, 5.41) is 0. The van der Waals surface area contributed by atoms with Crippen LogP contribution in [0.1, 0.15) is 25.1 Å².